The molecule has 48 heavy (non-hydrogen) atoms. The zero-order valence-electron chi connectivity index (χ0n) is 28.2. The van der Waals surface area contributed by atoms with Gasteiger partial charge in [-0.1, -0.05) is 110 Å². The molecule has 0 unspecified atom stereocenters. The first-order valence-electron chi connectivity index (χ1n) is 16.2. The third kappa shape index (κ3) is 6.69. The Hall–Kier alpha value is -4.63. The molecule has 8 rings (SSSR count). The predicted molar refractivity (Wildman–Crippen MR) is 197 cm³/mol. The number of aromatic nitrogens is 2. The molecule has 0 amide bonds. The second-order valence-electron chi connectivity index (χ2n) is 13.7. The number of hydrogen-bond donors (Lipinski definition) is 0. The van der Waals surface area contributed by atoms with Crippen molar-refractivity contribution in [3.63, 3.8) is 0 Å². The molecule has 0 fully saturated rings. The number of fused-ring (bicyclic) bond motifs is 7. The van der Waals surface area contributed by atoms with Gasteiger partial charge in [0.2, 0.25) is 0 Å². The number of pyridine rings is 2. The van der Waals surface area contributed by atoms with Crippen LogP contribution in [0.25, 0.3) is 66.0 Å². The van der Waals surface area contributed by atoms with Crippen molar-refractivity contribution < 1.29 is 24.5 Å². The van der Waals surface area contributed by atoms with Gasteiger partial charge in [0.25, 0.3) is 0 Å². The molecule has 8 aromatic rings. The molecule has 4 heteroatoms. The van der Waals surface area contributed by atoms with E-state index >= 15 is 0 Å². The van der Waals surface area contributed by atoms with Crippen LogP contribution in [0, 0.1) is 38.3 Å². The Kier molecular flexibility index (Phi) is 9.34. The minimum atomic E-state index is 0. The molecule has 0 aliphatic carbocycles. The maximum atomic E-state index is 6.63. The Bertz CT molecular complexity index is 2400. The quantitative estimate of drug-likeness (QED) is 0.132. The standard InChI is InChI=1S/C30H24NO.C14H14N.Ir/c1-30(2,3)18-19-15-16-31-26(17-19)25-10-6-9-23-24-14-13-21-12-11-20-7-4-5-8-22(20)27(21)29(24)32-28(23)25;1-10-4-6-13(7-5-10)14-8-11(2)12(3)9-15-14;/h4-9,11-17H,18H2,1-3H3;4-6,8-9H,1-3H3;/q2*-1;. The molecule has 5 aromatic carbocycles. The van der Waals surface area contributed by atoms with Crippen LogP contribution in [0.15, 0.2) is 114 Å². The molecule has 241 valence electrons. The third-order valence-corrected chi connectivity index (χ3v) is 8.74. The first-order valence-corrected chi connectivity index (χ1v) is 16.2. The second-order valence-corrected chi connectivity index (χ2v) is 13.7. The van der Waals surface area contributed by atoms with Crippen molar-refractivity contribution in [1.29, 1.82) is 0 Å². The van der Waals surface area contributed by atoms with Crippen LogP contribution in [0.2, 0.25) is 0 Å². The molecule has 0 aliphatic rings. The number of nitrogens with zero attached hydrogens (tertiary/aromatic N) is 2. The molecule has 0 atom stereocenters. The fourth-order valence-corrected chi connectivity index (χ4v) is 6.24. The Morgan fingerprint density at radius 1 is 0.688 bits per heavy atom. The molecule has 0 aliphatic heterocycles. The predicted octanol–water partition coefficient (Wildman–Crippen LogP) is 11.8. The fourth-order valence-electron chi connectivity index (χ4n) is 6.24. The van der Waals surface area contributed by atoms with Crippen LogP contribution in [0.5, 0.6) is 0 Å². The van der Waals surface area contributed by atoms with Crippen LogP contribution in [0.4, 0.5) is 0 Å². The van der Waals surface area contributed by atoms with E-state index in [1.165, 1.54) is 38.4 Å². The molecule has 1 radical (unpaired) electrons. The van der Waals surface area contributed by atoms with Crippen molar-refractivity contribution in [3.05, 3.63) is 144 Å². The van der Waals surface area contributed by atoms with Crippen LogP contribution in [0.3, 0.4) is 0 Å². The summed E-state index contributed by atoms with van der Waals surface area (Å²) in [6.45, 7) is 13.0. The van der Waals surface area contributed by atoms with Gasteiger partial charge in [0.15, 0.2) is 0 Å². The number of hydrogen-bond acceptors (Lipinski definition) is 3. The normalized spacial score (nSPS) is 11.5. The third-order valence-electron chi connectivity index (χ3n) is 8.74. The van der Waals surface area contributed by atoms with Gasteiger partial charge < -0.3 is 14.4 Å². The van der Waals surface area contributed by atoms with Crippen LogP contribution < -0.4 is 0 Å². The van der Waals surface area contributed by atoms with Crippen LogP contribution >= 0.6 is 0 Å². The van der Waals surface area contributed by atoms with E-state index in [0.29, 0.717) is 0 Å². The van der Waals surface area contributed by atoms with Crippen molar-refractivity contribution in [2.75, 3.05) is 0 Å². The maximum Gasteiger partial charge on any atom is 0.129 e. The van der Waals surface area contributed by atoms with Crippen molar-refractivity contribution in [2.24, 2.45) is 5.41 Å². The zero-order valence-corrected chi connectivity index (χ0v) is 30.6. The minimum Gasteiger partial charge on any atom is -0.500 e. The summed E-state index contributed by atoms with van der Waals surface area (Å²) >= 11 is 0. The topological polar surface area (TPSA) is 38.9 Å². The van der Waals surface area contributed by atoms with E-state index in [4.69, 9.17) is 4.42 Å². The molecule has 3 aromatic heterocycles. The molecule has 3 heterocycles. The summed E-state index contributed by atoms with van der Waals surface area (Å²) in [4.78, 5) is 9.09. The van der Waals surface area contributed by atoms with E-state index in [-0.39, 0.29) is 25.5 Å². The summed E-state index contributed by atoms with van der Waals surface area (Å²) in [6, 6.07) is 40.5. The molecule has 0 N–H and O–H groups in total. The minimum absolute atomic E-state index is 0. The molecular weight excluding hydrogens is 765 g/mol. The summed E-state index contributed by atoms with van der Waals surface area (Å²) in [5.74, 6) is 0. The molecular formula is C44H38IrN2O-2. The van der Waals surface area contributed by atoms with Crippen molar-refractivity contribution >= 4 is 43.5 Å². The first kappa shape index (κ1) is 33.3. The van der Waals surface area contributed by atoms with Crippen LogP contribution in [-0.4, -0.2) is 9.97 Å². The number of rotatable bonds is 3. The number of benzene rings is 5. The Balaban J connectivity index is 0.000000212. The SMILES string of the molecule is CC(C)(C)Cc1ccnc(-c2[c-]ccc3c2oc2c3ccc3ccc4ccccc4c32)c1.Cc1c[c-]c(-c2cc(C)c(C)cn2)cc1.[Ir]. The largest absolute Gasteiger partial charge is 0.500 e. The summed E-state index contributed by atoms with van der Waals surface area (Å²) in [6.07, 6.45) is 4.81. The molecule has 3 nitrogen and oxygen atoms in total. The monoisotopic (exact) mass is 803 g/mol. The van der Waals surface area contributed by atoms with E-state index in [9.17, 15) is 0 Å². The summed E-state index contributed by atoms with van der Waals surface area (Å²) in [5.41, 5.74) is 10.9. The van der Waals surface area contributed by atoms with Gasteiger partial charge in [-0.2, -0.15) is 0 Å². The molecule has 0 saturated carbocycles. The smallest absolute Gasteiger partial charge is 0.129 e. The summed E-state index contributed by atoms with van der Waals surface area (Å²) in [7, 11) is 0. The average molecular weight is 803 g/mol. The Morgan fingerprint density at radius 3 is 2.23 bits per heavy atom. The number of aryl methyl sites for hydroxylation is 3. The van der Waals surface area contributed by atoms with Gasteiger partial charge in [0, 0.05) is 43.3 Å². The molecule has 0 saturated heterocycles. The Morgan fingerprint density at radius 2 is 1.46 bits per heavy atom. The zero-order chi connectivity index (χ0) is 32.7. The Labute approximate surface area is 296 Å². The summed E-state index contributed by atoms with van der Waals surface area (Å²) < 4.78 is 6.63. The van der Waals surface area contributed by atoms with Gasteiger partial charge in [-0.3, -0.25) is 0 Å². The van der Waals surface area contributed by atoms with Gasteiger partial charge >= 0.3 is 0 Å². The van der Waals surface area contributed by atoms with Crippen molar-refractivity contribution in [2.45, 2.75) is 48.0 Å². The average Bonchev–Trinajstić information content (AvgIpc) is 3.45. The second kappa shape index (κ2) is 13.5. The van der Waals surface area contributed by atoms with Crippen LogP contribution in [0.1, 0.15) is 43.0 Å². The van der Waals surface area contributed by atoms with Gasteiger partial charge in [0.05, 0.1) is 5.58 Å². The van der Waals surface area contributed by atoms with Gasteiger partial charge in [-0.15, -0.1) is 53.6 Å². The maximum absolute atomic E-state index is 6.63. The fraction of sp³-hybridized carbons (Fsp3) is 0.182. The molecule has 0 spiro atoms. The van der Waals surface area contributed by atoms with Gasteiger partial charge in [-0.25, -0.2) is 0 Å². The van der Waals surface area contributed by atoms with Crippen molar-refractivity contribution in [1.82, 2.24) is 9.97 Å². The van der Waals surface area contributed by atoms with E-state index in [2.05, 4.69) is 149 Å². The van der Waals surface area contributed by atoms with Gasteiger partial charge in [0.1, 0.15) is 5.58 Å². The van der Waals surface area contributed by atoms with E-state index < -0.39 is 0 Å². The van der Waals surface area contributed by atoms with Crippen molar-refractivity contribution in [3.8, 4) is 22.5 Å². The van der Waals surface area contributed by atoms with E-state index in [1.54, 1.807) is 0 Å². The molecule has 0 bridgehead atoms. The number of furan rings is 1. The summed E-state index contributed by atoms with van der Waals surface area (Å²) in [5, 5.41) is 7.02. The van der Waals surface area contributed by atoms with E-state index in [1.807, 2.05) is 24.5 Å². The first-order chi connectivity index (χ1) is 22.6. The van der Waals surface area contributed by atoms with Crippen LogP contribution in [-0.2, 0) is 26.5 Å². The van der Waals surface area contributed by atoms with E-state index in [0.717, 1.165) is 56.3 Å². The van der Waals surface area contributed by atoms with Gasteiger partial charge in [-0.05, 0) is 64.9 Å².